The van der Waals surface area contributed by atoms with Crippen molar-refractivity contribution in [2.24, 2.45) is 11.3 Å². The molecule has 1 aromatic carbocycles. The second-order valence-electron chi connectivity index (χ2n) is 11.0. The van der Waals surface area contributed by atoms with E-state index in [4.69, 9.17) is 0 Å². The fourth-order valence-electron chi connectivity index (χ4n) is 6.12. The third kappa shape index (κ3) is 3.08. The van der Waals surface area contributed by atoms with E-state index in [2.05, 4.69) is 86.6 Å². The van der Waals surface area contributed by atoms with Gasteiger partial charge in [0.2, 0.25) is 0 Å². The molecule has 0 heterocycles. The zero-order valence-electron chi connectivity index (χ0n) is 20.0. The average molecular weight is 553 g/mol. The van der Waals surface area contributed by atoms with Gasteiger partial charge in [-0.3, -0.25) is 0 Å². The van der Waals surface area contributed by atoms with Gasteiger partial charge in [-0.1, -0.05) is 0 Å². The van der Waals surface area contributed by atoms with E-state index in [-0.39, 0.29) is 0 Å². The number of allylic oxidation sites excluding steroid dienone is 5. The summed E-state index contributed by atoms with van der Waals surface area (Å²) in [5.41, 5.74) is 13.4. The molecule has 154 valence electrons. The van der Waals surface area contributed by atoms with Crippen molar-refractivity contribution in [2.75, 3.05) is 0 Å². The normalized spacial score (nSPS) is 27.5. The van der Waals surface area contributed by atoms with E-state index in [1.54, 1.807) is 39.0 Å². The molecule has 0 saturated heterocycles. The van der Waals surface area contributed by atoms with E-state index in [9.17, 15) is 0 Å². The zero-order valence-corrected chi connectivity index (χ0v) is 23.6. The maximum atomic E-state index is 2.67. The zero-order chi connectivity index (χ0) is 21.4. The molecule has 0 radical (unpaired) electrons. The van der Waals surface area contributed by atoms with Crippen molar-refractivity contribution in [3.05, 3.63) is 62.8 Å². The molecule has 0 aliphatic heterocycles. The van der Waals surface area contributed by atoms with Crippen molar-refractivity contribution in [2.45, 2.75) is 87.9 Å². The molecular formula is C28H38Hf. The summed E-state index contributed by atoms with van der Waals surface area (Å²) in [6.07, 6.45) is 8.91. The number of hydrogen-bond donors (Lipinski definition) is 0. The van der Waals surface area contributed by atoms with Crippen molar-refractivity contribution in [3.8, 4) is 0 Å². The Balaban J connectivity index is 1.85. The molecule has 4 rings (SSSR count). The van der Waals surface area contributed by atoms with Gasteiger partial charge in [-0.2, -0.15) is 0 Å². The van der Waals surface area contributed by atoms with Crippen molar-refractivity contribution >= 4 is 6.08 Å². The molecule has 1 heteroatoms. The Morgan fingerprint density at radius 3 is 2.03 bits per heavy atom. The Labute approximate surface area is 190 Å². The predicted molar refractivity (Wildman–Crippen MR) is 123 cm³/mol. The summed E-state index contributed by atoms with van der Waals surface area (Å²) in [5.74, 6) is 0.717. The second-order valence-corrected chi connectivity index (χ2v) is 18.5. The van der Waals surface area contributed by atoms with Crippen molar-refractivity contribution in [3.63, 3.8) is 0 Å². The first-order valence-corrected chi connectivity index (χ1v) is 15.1. The third-order valence-electron chi connectivity index (χ3n) is 8.72. The molecule has 0 amide bonds. The van der Waals surface area contributed by atoms with E-state index in [1.807, 2.05) is 0 Å². The molecule has 0 spiro atoms. The van der Waals surface area contributed by atoms with Crippen LogP contribution in [0.4, 0.5) is 0 Å². The van der Waals surface area contributed by atoms with E-state index in [1.165, 1.54) is 24.8 Å². The van der Waals surface area contributed by atoms with Gasteiger partial charge in [0.1, 0.15) is 0 Å². The Hall–Kier alpha value is -0.690. The van der Waals surface area contributed by atoms with E-state index < -0.39 is 22.9 Å². The maximum absolute atomic E-state index is 2.67. The van der Waals surface area contributed by atoms with Crippen LogP contribution in [0.1, 0.15) is 91.0 Å². The van der Waals surface area contributed by atoms with Crippen LogP contribution < -0.4 is 0 Å². The van der Waals surface area contributed by atoms with Gasteiger partial charge in [-0.25, -0.2) is 0 Å². The van der Waals surface area contributed by atoms with Crippen molar-refractivity contribution in [1.29, 1.82) is 0 Å². The van der Waals surface area contributed by atoms with E-state index in [0.29, 0.717) is 11.8 Å². The topological polar surface area (TPSA) is 0 Å². The summed E-state index contributed by atoms with van der Waals surface area (Å²) in [7, 11) is 0. The van der Waals surface area contributed by atoms with Crippen molar-refractivity contribution in [1.82, 2.24) is 0 Å². The summed E-state index contributed by atoms with van der Waals surface area (Å²) in [6.45, 7) is 21.9. The molecule has 0 saturated carbocycles. The van der Waals surface area contributed by atoms with Gasteiger partial charge in [0.15, 0.2) is 0 Å². The summed E-state index contributed by atoms with van der Waals surface area (Å²) in [5, 5.41) is 0. The summed E-state index contributed by atoms with van der Waals surface area (Å²) in [4.78, 5) is 0. The second kappa shape index (κ2) is 6.91. The third-order valence-corrected chi connectivity index (χ3v) is 18.0. The van der Waals surface area contributed by atoms with Gasteiger partial charge in [0.25, 0.3) is 0 Å². The predicted octanol–water partition coefficient (Wildman–Crippen LogP) is 8.03. The molecule has 3 aliphatic carbocycles. The first-order valence-electron chi connectivity index (χ1n) is 11.5. The van der Waals surface area contributed by atoms with Crippen LogP contribution in [0.3, 0.4) is 0 Å². The van der Waals surface area contributed by atoms with Crippen LogP contribution in [0.5, 0.6) is 0 Å². The van der Waals surface area contributed by atoms with Crippen molar-refractivity contribution < 1.29 is 22.9 Å². The first-order chi connectivity index (χ1) is 13.4. The van der Waals surface area contributed by atoms with Gasteiger partial charge in [0, 0.05) is 0 Å². The Morgan fingerprint density at radius 1 is 0.931 bits per heavy atom. The van der Waals surface area contributed by atoms with Crippen LogP contribution in [-0.4, -0.2) is 0 Å². The molecular weight excluding hydrogens is 515 g/mol. The van der Waals surface area contributed by atoms with Gasteiger partial charge in [-0.05, 0) is 0 Å². The Bertz CT molecular complexity index is 944. The summed E-state index contributed by atoms with van der Waals surface area (Å²) < 4.78 is 0.676. The van der Waals surface area contributed by atoms with Gasteiger partial charge >= 0.3 is 191 Å². The molecule has 0 aromatic heterocycles. The first kappa shape index (κ1) is 21.5. The van der Waals surface area contributed by atoms with Crippen LogP contribution in [0.2, 0.25) is 3.17 Å². The monoisotopic (exact) mass is 554 g/mol. The van der Waals surface area contributed by atoms with Gasteiger partial charge in [0.05, 0.1) is 0 Å². The molecule has 0 nitrogen and oxygen atoms in total. The van der Waals surface area contributed by atoms with Crippen LogP contribution in [-0.2, 0) is 38.9 Å². The molecule has 2 unspecified atom stereocenters. The van der Waals surface area contributed by atoms with Gasteiger partial charge < -0.3 is 0 Å². The fraction of sp³-hybridized carbons (Fsp3) is 0.571. The fourth-order valence-corrected chi connectivity index (χ4v) is 15.3. The van der Waals surface area contributed by atoms with Crippen LogP contribution in [0.25, 0.3) is 6.08 Å². The SMILES string of the molecule is CCC(C)[C]1([Hf][C]2(C)C(C)=C(C)C(C)=C2C)C=Cc2cc3c(cc21)CC(C)(C)C3. The number of fused-ring (bicyclic) bond motifs is 2. The summed E-state index contributed by atoms with van der Waals surface area (Å²) >= 11 is -1.19. The minimum atomic E-state index is -1.19. The average Bonchev–Trinajstić information content (AvgIpc) is 3.21. The molecule has 1 aromatic rings. The van der Waals surface area contributed by atoms with Crippen LogP contribution >= 0.6 is 0 Å². The minimum absolute atomic E-state index is 0.327. The molecule has 2 atom stereocenters. The Kier molecular flexibility index (Phi) is 5.13. The molecule has 3 aliphatic rings. The van der Waals surface area contributed by atoms with Crippen LogP contribution in [0, 0.1) is 11.3 Å². The number of rotatable bonds is 4. The Morgan fingerprint density at radius 2 is 1.48 bits per heavy atom. The molecule has 0 bridgehead atoms. The van der Waals surface area contributed by atoms with E-state index in [0.717, 1.165) is 5.92 Å². The van der Waals surface area contributed by atoms with Gasteiger partial charge in [-0.15, -0.1) is 0 Å². The molecule has 29 heavy (non-hydrogen) atoms. The summed E-state index contributed by atoms with van der Waals surface area (Å²) in [6, 6.07) is 5.22. The number of hydrogen-bond acceptors (Lipinski definition) is 0. The molecule has 0 N–H and O–H groups in total. The quantitative estimate of drug-likeness (QED) is 0.332. The van der Waals surface area contributed by atoms with Crippen LogP contribution in [0.15, 0.2) is 40.5 Å². The standard InChI is InChI=1S/C18H23.C10H15.Hf/c1-5-12(2)16-7-6-13-8-14-10-18(3,4)11-15(14)9-17(13)16;1-6-7(2)9(4)10(5)8(6)3;/h6-9,12H,5,10-11H2,1-4H3;1-5H3;. The number of benzene rings is 1. The van der Waals surface area contributed by atoms with E-state index >= 15 is 0 Å². The molecule has 0 fully saturated rings.